The van der Waals surface area contributed by atoms with E-state index in [1.807, 2.05) is 39.2 Å². The van der Waals surface area contributed by atoms with Gasteiger partial charge < -0.3 is 10.2 Å². The zero-order valence-electron chi connectivity index (χ0n) is 12.5. The van der Waals surface area contributed by atoms with Crippen molar-refractivity contribution in [2.45, 2.75) is 19.5 Å². The number of halogens is 2. The highest BCUT2D eigenvalue weighted by Gasteiger charge is 2.13. The fourth-order valence-electron chi connectivity index (χ4n) is 2.37. The lowest BCUT2D eigenvalue weighted by molar-refractivity contribution is 0.607. The first kappa shape index (κ1) is 16.0. The molecule has 0 bridgehead atoms. The minimum Gasteiger partial charge on any atom is -0.370 e. The molecule has 0 radical (unpaired) electrons. The maximum absolute atomic E-state index is 13.5. The minimum atomic E-state index is -0.202. The van der Waals surface area contributed by atoms with Gasteiger partial charge in [0.2, 0.25) is 0 Å². The Bertz CT molecular complexity index is 615. The summed E-state index contributed by atoms with van der Waals surface area (Å²) in [6, 6.07) is 13.3. The van der Waals surface area contributed by atoms with E-state index in [0.29, 0.717) is 0 Å². The molecule has 4 heteroatoms. The van der Waals surface area contributed by atoms with E-state index in [4.69, 9.17) is 0 Å². The SMILES string of the molecule is CNC(C)c1cc(F)ccc1N(C)Cc1cccc(Br)c1. The summed E-state index contributed by atoms with van der Waals surface area (Å²) in [6.07, 6.45) is 0. The highest BCUT2D eigenvalue weighted by molar-refractivity contribution is 9.10. The van der Waals surface area contributed by atoms with Crippen LogP contribution in [0, 0.1) is 5.82 Å². The van der Waals surface area contributed by atoms with Crippen LogP contribution in [0.5, 0.6) is 0 Å². The van der Waals surface area contributed by atoms with E-state index in [1.54, 1.807) is 6.07 Å². The van der Waals surface area contributed by atoms with Crippen molar-refractivity contribution < 1.29 is 4.39 Å². The second kappa shape index (κ2) is 7.05. The first-order valence-electron chi connectivity index (χ1n) is 6.93. The molecule has 21 heavy (non-hydrogen) atoms. The van der Waals surface area contributed by atoms with Crippen LogP contribution in [0.15, 0.2) is 46.9 Å². The van der Waals surface area contributed by atoms with Gasteiger partial charge in [-0.1, -0.05) is 28.1 Å². The molecule has 0 saturated heterocycles. The molecule has 1 N–H and O–H groups in total. The van der Waals surface area contributed by atoms with E-state index in [-0.39, 0.29) is 11.9 Å². The van der Waals surface area contributed by atoms with Crippen LogP contribution in [0.1, 0.15) is 24.1 Å². The van der Waals surface area contributed by atoms with Crippen LogP contribution >= 0.6 is 15.9 Å². The lowest BCUT2D eigenvalue weighted by Crippen LogP contribution is -2.21. The summed E-state index contributed by atoms with van der Waals surface area (Å²) in [5, 5.41) is 3.18. The molecule has 0 heterocycles. The summed E-state index contributed by atoms with van der Waals surface area (Å²) in [4.78, 5) is 2.14. The molecular formula is C17H20BrFN2. The molecule has 112 valence electrons. The molecule has 0 aliphatic rings. The van der Waals surface area contributed by atoms with Gasteiger partial charge in [0.05, 0.1) is 0 Å². The Morgan fingerprint density at radius 2 is 2.00 bits per heavy atom. The molecule has 2 nitrogen and oxygen atoms in total. The predicted octanol–water partition coefficient (Wildman–Crippen LogP) is 4.51. The molecule has 0 aliphatic heterocycles. The number of hydrogen-bond acceptors (Lipinski definition) is 2. The lowest BCUT2D eigenvalue weighted by atomic mass is 10.0. The third-order valence-corrected chi connectivity index (χ3v) is 4.10. The van der Waals surface area contributed by atoms with Gasteiger partial charge in [-0.3, -0.25) is 0 Å². The number of nitrogens with zero attached hydrogens (tertiary/aromatic N) is 1. The van der Waals surface area contributed by atoms with Crippen LogP contribution in [0.3, 0.4) is 0 Å². The van der Waals surface area contributed by atoms with E-state index < -0.39 is 0 Å². The number of hydrogen-bond donors (Lipinski definition) is 1. The Labute approximate surface area is 134 Å². The third-order valence-electron chi connectivity index (χ3n) is 3.61. The molecule has 2 aromatic carbocycles. The average Bonchev–Trinajstić information content (AvgIpc) is 2.46. The maximum Gasteiger partial charge on any atom is 0.123 e. The van der Waals surface area contributed by atoms with Gasteiger partial charge in [0.25, 0.3) is 0 Å². The molecule has 0 amide bonds. The summed E-state index contributed by atoms with van der Waals surface area (Å²) in [6.45, 7) is 2.81. The largest absolute Gasteiger partial charge is 0.370 e. The highest BCUT2D eigenvalue weighted by atomic mass is 79.9. The molecule has 0 aliphatic carbocycles. The summed E-state index contributed by atoms with van der Waals surface area (Å²) in [5.74, 6) is -0.202. The first-order chi connectivity index (χ1) is 10.0. The summed E-state index contributed by atoms with van der Waals surface area (Å²) in [7, 11) is 3.91. The van der Waals surface area contributed by atoms with Crippen LogP contribution in [-0.4, -0.2) is 14.1 Å². The van der Waals surface area contributed by atoms with Gasteiger partial charge in [-0.15, -0.1) is 0 Å². The van der Waals surface area contributed by atoms with Crippen molar-refractivity contribution in [2.24, 2.45) is 0 Å². The molecular weight excluding hydrogens is 331 g/mol. The third kappa shape index (κ3) is 4.05. The average molecular weight is 351 g/mol. The molecule has 2 rings (SSSR count). The standard InChI is InChI=1S/C17H20BrFN2/c1-12(20-2)16-10-15(19)7-8-17(16)21(3)11-13-5-4-6-14(18)9-13/h4-10,12,20H,11H2,1-3H3. The monoisotopic (exact) mass is 350 g/mol. The van der Waals surface area contributed by atoms with Gasteiger partial charge in [-0.05, 0) is 55.4 Å². The quantitative estimate of drug-likeness (QED) is 0.853. The number of nitrogens with one attached hydrogen (secondary N) is 1. The molecule has 1 atom stereocenters. The van der Waals surface area contributed by atoms with Crippen molar-refractivity contribution >= 4 is 21.6 Å². The van der Waals surface area contributed by atoms with Crippen LogP contribution in [-0.2, 0) is 6.54 Å². The van der Waals surface area contributed by atoms with Crippen molar-refractivity contribution in [1.82, 2.24) is 5.32 Å². The number of rotatable bonds is 5. The Hall–Kier alpha value is -1.39. The predicted molar refractivity (Wildman–Crippen MR) is 90.1 cm³/mol. The number of anilines is 1. The second-order valence-electron chi connectivity index (χ2n) is 5.20. The van der Waals surface area contributed by atoms with Crippen molar-refractivity contribution in [3.63, 3.8) is 0 Å². The van der Waals surface area contributed by atoms with Crippen LogP contribution < -0.4 is 10.2 Å². The Kier molecular flexibility index (Phi) is 5.37. The molecule has 0 saturated carbocycles. The summed E-state index contributed by atoms with van der Waals surface area (Å²) < 4.78 is 14.6. The maximum atomic E-state index is 13.5. The molecule has 0 fully saturated rings. The molecule has 1 unspecified atom stereocenters. The lowest BCUT2D eigenvalue weighted by Gasteiger charge is -2.25. The number of benzene rings is 2. The second-order valence-corrected chi connectivity index (χ2v) is 6.12. The Morgan fingerprint density at radius 1 is 1.24 bits per heavy atom. The molecule has 0 aromatic heterocycles. The minimum absolute atomic E-state index is 0.0978. The van der Waals surface area contributed by atoms with E-state index in [0.717, 1.165) is 22.3 Å². The van der Waals surface area contributed by atoms with Crippen molar-refractivity contribution in [3.05, 3.63) is 63.9 Å². The topological polar surface area (TPSA) is 15.3 Å². The summed E-state index contributed by atoms with van der Waals surface area (Å²) in [5.41, 5.74) is 3.22. The zero-order valence-corrected chi connectivity index (χ0v) is 14.1. The molecule has 2 aromatic rings. The van der Waals surface area contributed by atoms with Gasteiger partial charge in [-0.25, -0.2) is 4.39 Å². The zero-order chi connectivity index (χ0) is 15.4. The fourth-order valence-corrected chi connectivity index (χ4v) is 2.82. The summed E-state index contributed by atoms with van der Waals surface area (Å²) >= 11 is 3.49. The van der Waals surface area contributed by atoms with Crippen LogP contribution in [0.2, 0.25) is 0 Å². The van der Waals surface area contributed by atoms with E-state index in [1.165, 1.54) is 11.6 Å². The van der Waals surface area contributed by atoms with E-state index >= 15 is 0 Å². The molecule has 0 spiro atoms. The van der Waals surface area contributed by atoms with Gasteiger partial charge >= 0.3 is 0 Å². The van der Waals surface area contributed by atoms with E-state index in [2.05, 4.69) is 38.3 Å². The smallest absolute Gasteiger partial charge is 0.123 e. The van der Waals surface area contributed by atoms with Crippen molar-refractivity contribution in [1.29, 1.82) is 0 Å². The Balaban J connectivity index is 2.28. The fraction of sp³-hybridized carbons (Fsp3) is 0.294. The van der Waals surface area contributed by atoms with Gasteiger partial charge in [0, 0.05) is 29.8 Å². The Morgan fingerprint density at radius 3 is 2.67 bits per heavy atom. The van der Waals surface area contributed by atoms with Crippen LogP contribution in [0.25, 0.3) is 0 Å². The van der Waals surface area contributed by atoms with Gasteiger partial charge in [0.15, 0.2) is 0 Å². The van der Waals surface area contributed by atoms with Gasteiger partial charge in [0.1, 0.15) is 5.82 Å². The van der Waals surface area contributed by atoms with Gasteiger partial charge in [-0.2, -0.15) is 0 Å². The normalized spacial score (nSPS) is 12.2. The first-order valence-corrected chi connectivity index (χ1v) is 7.73. The highest BCUT2D eigenvalue weighted by Crippen LogP contribution is 2.27. The van der Waals surface area contributed by atoms with E-state index in [9.17, 15) is 4.39 Å². The van der Waals surface area contributed by atoms with Crippen molar-refractivity contribution in [2.75, 3.05) is 19.0 Å². The van der Waals surface area contributed by atoms with Crippen LogP contribution in [0.4, 0.5) is 10.1 Å². The van der Waals surface area contributed by atoms with Crippen molar-refractivity contribution in [3.8, 4) is 0 Å².